The number of nitrogens with one attached hydrogen (secondary N) is 5. The topological polar surface area (TPSA) is 145 Å². The Kier molecular flexibility index (Phi) is 6.79. The molecule has 1 saturated heterocycles. The zero-order valence-electron chi connectivity index (χ0n) is 16.5. The molecule has 0 bridgehead atoms. The number of aromatic amines is 1. The summed E-state index contributed by atoms with van der Waals surface area (Å²) in [6, 6.07) is 6.47. The van der Waals surface area contributed by atoms with Crippen molar-refractivity contribution < 1.29 is 19.2 Å². The lowest BCUT2D eigenvalue weighted by Gasteiger charge is -2.25. The summed E-state index contributed by atoms with van der Waals surface area (Å²) in [4.78, 5) is 57.0. The van der Waals surface area contributed by atoms with E-state index in [2.05, 4.69) is 31.2 Å². The Bertz CT molecular complexity index is 899. The Hall–Kier alpha value is -3.69. The van der Waals surface area contributed by atoms with Crippen LogP contribution in [0.5, 0.6) is 0 Å². The fourth-order valence-corrected chi connectivity index (χ4v) is 3.10. The predicted octanol–water partition coefficient (Wildman–Crippen LogP) is -1.20. The first-order chi connectivity index (χ1) is 14.4. The van der Waals surface area contributed by atoms with Gasteiger partial charge in [-0.15, -0.1) is 0 Å². The molecule has 1 aromatic carbocycles. The number of rotatable bonds is 4. The molecule has 0 spiro atoms. The van der Waals surface area contributed by atoms with Crippen LogP contribution in [0.2, 0.25) is 0 Å². The van der Waals surface area contributed by atoms with Gasteiger partial charge in [-0.3, -0.25) is 19.2 Å². The number of carbonyl (C=O) groups is 4. The van der Waals surface area contributed by atoms with Crippen molar-refractivity contribution >= 4 is 23.6 Å². The molecule has 158 valence electrons. The van der Waals surface area contributed by atoms with Crippen LogP contribution in [0, 0.1) is 0 Å². The predicted molar refractivity (Wildman–Crippen MR) is 107 cm³/mol. The van der Waals surface area contributed by atoms with Crippen molar-refractivity contribution in [1.82, 2.24) is 31.2 Å². The van der Waals surface area contributed by atoms with Crippen molar-refractivity contribution in [2.24, 2.45) is 0 Å². The number of nitrogens with zero attached hydrogens (tertiary/aromatic N) is 1. The highest BCUT2D eigenvalue weighted by Gasteiger charge is 2.30. The van der Waals surface area contributed by atoms with E-state index in [0.717, 1.165) is 5.56 Å². The summed E-state index contributed by atoms with van der Waals surface area (Å²) in [5.41, 5.74) is 1.49. The molecular formula is C20H24N6O4. The summed E-state index contributed by atoms with van der Waals surface area (Å²) in [5.74, 6) is -1.99. The van der Waals surface area contributed by atoms with Crippen LogP contribution < -0.4 is 21.3 Å². The second-order valence-electron chi connectivity index (χ2n) is 7.10. The fourth-order valence-electron chi connectivity index (χ4n) is 3.10. The van der Waals surface area contributed by atoms with Gasteiger partial charge in [-0.05, 0) is 12.5 Å². The molecule has 4 amide bonds. The zero-order valence-corrected chi connectivity index (χ0v) is 16.5. The molecule has 30 heavy (non-hydrogen) atoms. The van der Waals surface area contributed by atoms with Crippen LogP contribution in [0.15, 0.2) is 42.9 Å². The average Bonchev–Trinajstić information content (AvgIpc) is 3.24. The molecule has 0 unspecified atom stereocenters. The minimum absolute atomic E-state index is 0.151. The number of amides is 4. The molecule has 3 rings (SSSR count). The first kappa shape index (κ1) is 21.0. The van der Waals surface area contributed by atoms with Crippen LogP contribution in [0.4, 0.5) is 0 Å². The molecule has 1 aromatic heterocycles. The quantitative estimate of drug-likeness (QED) is 0.428. The molecule has 0 radical (unpaired) electrons. The summed E-state index contributed by atoms with van der Waals surface area (Å²) < 4.78 is 0. The SMILES string of the molecule is C[C@@H]1NC(=O)[C@H](Cc2cnc[nH]2)NC(=O)[C@H](Cc2ccccc2)NC(=O)CNC1=O. The number of hydrogen-bond donors (Lipinski definition) is 5. The van der Waals surface area contributed by atoms with Gasteiger partial charge in [-0.1, -0.05) is 30.3 Å². The van der Waals surface area contributed by atoms with Gasteiger partial charge >= 0.3 is 0 Å². The number of imidazole rings is 1. The Labute approximate surface area is 173 Å². The molecule has 2 heterocycles. The lowest BCUT2D eigenvalue weighted by Crippen LogP contribution is -2.59. The van der Waals surface area contributed by atoms with Crippen LogP contribution in [0.25, 0.3) is 0 Å². The Morgan fingerprint density at radius 2 is 1.60 bits per heavy atom. The average molecular weight is 412 g/mol. The van der Waals surface area contributed by atoms with E-state index in [-0.39, 0.29) is 19.4 Å². The van der Waals surface area contributed by atoms with E-state index in [1.54, 1.807) is 6.20 Å². The summed E-state index contributed by atoms with van der Waals surface area (Å²) in [5, 5.41) is 10.4. The summed E-state index contributed by atoms with van der Waals surface area (Å²) in [7, 11) is 0. The monoisotopic (exact) mass is 412 g/mol. The van der Waals surface area contributed by atoms with Gasteiger partial charge < -0.3 is 26.3 Å². The van der Waals surface area contributed by atoms with Crippen LogP contribution in [0.1, 0.15) is 18.2 Å². The van der Waals surface area contributed by atoms with Crippen molar-refractivity contribution in [1.29, 1.82) is 0 Å². The Balaban J connectivity index is 1.84. The largest absolute Gasteiger partial charge is 0.348 e. The van der Waals surface area contributed by atoms with Gasteiger partial charge in [-0.25, -0.2) is 4.98 Å². The van der Waals surface area contributed by atoms with Gasteiger partial charge in [0, 0.05) is 24.7 Å². The minimum atomic E-state index is -0.956. The third-order valence-electron chi connectivity index (χ3n) is 4.72. The normalized spacial score (nSPS) is 23.3. The van der Waals surface area contributed by atoms with E-state index >= 15 is 0 Å². The molecule has 5 N–H and O–H groups in total. The Morgan fingerprint density at radius 1 is 0.900 bits per heavy atom. The molecular weight excluding hydrogens is 388 g/mol. The number of H-pyrrole nitrogens is 1. The first-order valence-corrected chi connectivity index (χ1v) is 9.61. The van der Waals surface area contributed by atoms with E-state index in [0.29, 0.717) is 5.69 Å². The number of carbonyl (C=O) groups excluding carboxylic acids is 4. The first-order valence-electron chi connectivity index (χ1n) is 9.61. The molecule has 0 aliphatic carbocycles. The van der Waals surface area contributed by atoms with E-state index in [1.807, 2.05) is 30.3 Å². The van der Waals surface area contributed by atoms with E-state index in [4.69, 9.17) is 0 Å². The highest BCUT2D eigenvalue weighted by molar-refractivity contribution is 5.96. The standard InChI is InChI=1S/C20H24N6O4/c1-12-18(28)22-10-17(27)25-15(7-13-5-3-2-4-6-13)20(30)26-16(19(29)24-12)8-14-9-21-11-23-14/h2-6,9,11-12,15-16H,7-8,10H2,1H3,(H,21,23)(H,22,28)(H,24,29)(H,25,27)(H,26,30)/t12-,15-,16-/m0/s1. The van der Waals surface area contributed by atoms with Gasteiger partial charge in [0.15, 0.2) is 0 Å². The van der Waals surface area contributed by atoms with E-state index < -0.39 is 41.8 Å². The molecule has 1 aliphatic rings. The lowest BCUT2D eigenvalue weighted by molar-refractivity contribution is -0.135. The fraction of sp³-hybridized carbons (Fsp3) is 0.350. The summed E-state index contributed by atoms with van der Waals surface area (Å²) >= 11 is 0. The van der Waals surface area contributed by atoms with Crippen LogP contribution in [-0.4, -0.2) is 58.3 Å². The van der Waals surface area contributed by atoms with Crippen molar-refractivity contribution in [2.75, 3.05) is 6.54 Å². The summed E-state index contributed by atoms with van der Waals surface area (Å²) in [6.45, 7) is 1.21. The molecule has 1 fully saturated rings. The van der Waals surface area contributed by atoms with Crippen molar-refractivity contribution in [3.63, 3.8) is 0 Å². The maximum absolute atomic E-state index is 13.0. The van der Waals surface area contributed by atoms with Crippen molar-refractivity contribution in [3.8, 4) is 0 Å². The van der Waals surface area contributed by atoms with Crippen molar-refractivity contribution in [2.45, 2.75) is 37.9 Å². The second kappa shape index (κ2) is 9.68. The third-order valence-corrected chi connectivity index (χ3v) is 4.72. The van der Waals surface area contributed by atoms with Crippen molar-refractivity contribution in [3.05, 3.63) is 54.1 Å². The van der Waals surface area contributed by atoms with Crippen LogP contribution in [0.3, 0.4) is 0 Å². The van der Waals surface area contributed by atoms with E-state index in [9.17, 15) is 19.2 Å². The highest BCUT2D eigenvalue weighted by atomic mass is 16.2. The minimum Gasteiger partial charge on any atom is -0.348 e. The van der Waals surface area contributed by atoms with Gasteiger partial charge in [0.25, 0.3) is 0 Å². The number of benzene rings is 1. The molecule has 0 saturated carbocycles. The maximum atomic E-state index is 13.0. The van der Waals surface area contributed by atoms with Crippen LogP contribution >= 0.6 is 0 Å². The highest BCUT2D eigenvalue weighted by Crippen LogP contribution is 2.06. The maximum Gasteiger partial charge on any atom is 0.243 e. The summed E-state index contributed by atoms with van der Waals surface area (Å²) in [6.07, 6.45) is 3.41. The number of hydrogen-bond acceptors (Lipinski definition) is 5. The van der Waals surface area contributed by atoms with Gasteiger partial charge in [-0.2, -0.15) is 0 Å². The molecule has 3 atom stereocenters. The zero-order chi connectivity index (χ0) is 21.5. The Morgan fingerprint density at radius 3 is 2.30 bits per heavy atom. The third kappa shape index (κ3) is 5.66. The van der Waals surface area contributed by atoms with Gasteiger partial charge in [0.1, 0.15) is 18.1 Å². The molecule has 10 heteroatoms. The molecule has 1 aliphatic heterocycles. The van der Waals surface area contributed by atoms with Gasteiger partial charge in [0.2, 0.25) is 23.6 Å². The molecule has 10 nitrogen and oxygen atoms in total. The second-order valence-corrected chi connectivity index (χ2v) is 7.10. The molecule has 2 aromatic rings. The van der Waals surface area contributed by atoms with Crippen LogP contribution in [-0.2, 0) is 32.0 Å². The smallest absolute Gasteiger partial charge is 0.243 e. The number of aromatic nitrogens is 2. The van der Waals surface area contributed by atoms with Gasteiger partial charge in [0.05, 0.1) is 12.9 Å². The van der Waals surface area contributed by atoms with E-state index in [1.165, 1.54) is 13.3 Å². The lowest BCUT2D eigenvalue weighted by atomic mass is 10.0.